The second kappa shape index (κ2) is 6.22. The molecule has 1 fully saturated rings. The Labute approximate surface area is 119 Å². The molecule has 1 amide bonds. The molecule has 1 aliphatic carbocycles. The predicted molar refractivity (Wildman–Crippen MR) is 77.8 cm³/mol. The first-order valence-corrected chi connectivity index (χ1v) is 7.13. The maximum absolute atomic E-state index is 12.0. The fourth-order valence-electron chi connectivity index (χ4n) is 2.64. The average molecular weight is 277 g/mol. The van der Waals surface area contributed by atoms with Gasteiger partial charge in [0.15, 0.2) is 0 Å². The molecule has 110 valence electrons. The maximum Gasteiger partial charge on any atom is 0.244 e. The van der Waals surface area contributed by atoms with E-state index in [0.717, 1.165) is 31.2 Å². The number of aromatic nitrogens is 2. The summed E-state index contributed by atoms with van der Waals surface area (Å²) in [5.74, 6) is 0.523. The first-order chi connectivity index (χ1) is 9.53. The second-order valence-corrected chi connectivity index (χ2v) is 5.89. The van der Waals surface area contributed by atoms with Crippen molar-refractivity contribution in [2.24, 2.45) is 13.0 Å². The van der Waals surface area contributed by atoms with E-state index in [1.54, 1.807) is 17.0 Å². The van der Waals surface area contributed by atoms with E-state index in [1.807, 2.05) is 13.2 Å². The minimum Gasteiger partial charge on any atom is -0.394 e. The van der Waals surface area contributed by atoms with Crippen LogP contribution in [0.3, 0.4) is 0 Å². The van der Waals surface area contributed by atoms with Gasteiger partial charge in [-0.05, 0) is 37.7 Å². The third kappa shape index (κ3) is 3.70. The van der Waals surface area contributed by atoms with Crippen LogP contribution in [0.5, 0.6) is 0 Å². The second-order valence-electron chi connectivity index (χ2n) is 5.89. The van der Waals surface area contributed by atoms with E-state index in [2.05, 4.69) is 17.3 Å². The van der Waals surface area contributed by atoms with Crippen molar-refractivity contribution in [1.82, 2.24) is 15.1 Å². The van der Waals surface area contributed by atoms with E-state index in [9.17, 15) is 9.90 Å². The van der Waals surface area contributed by atoms with Gasteiger partial charge >= 0.3 is 0 Å². The van der Waals surface area contributed by atoms with Crippen molar-refractivity contribution in [2.45, 2.75) is 38.1 Å². The molecular weight excluding hydrogens is 254 g/mol. The molecule has 20 heavy (non-hydrogen) atoms. The zero-order valence-corrected chi connectivity index (χ0v) is 12.2. The van der Waals surface area contributed by atoms with Crippen LogP contribution in [0, 0.1) is 5.92 Å². The molecule has 2 N–H and O–H groups in total. The van der Waals surface area contributed by atoms with Crippen LogP contribution in [-0.4, -0.2) is 32.9 Å². The number of aryl methyl sites for hydroxylation is 1. The van der Waals surface area contributed by atoms with E-state index >= 15 is 0 Å². The van der Waals surface area contributed by atoms with Crippen molar-refractivity contribution in [3.8, 4) is 0 Å². The monoisotopic (exact) mass is 277 g/mol. The fraction of sp³-hybridized carbons (Fsp3) is 0.600. The van der Waals surface area contributed by atoms with Crippen molar-refractivity contribution in [1.29, 1.82) is 0 Å². The van der Waals surface area contributed by atoms with Crippen molar-refractivity contribution in [2.75, 3.05) is 6.61 Å². The highest BCUT2D eigenvalue weighted by molar-refractivity contribution is 5.92. The molecule has 5 heteroatoms. The summed E-state index contributed by atoms with van der Waals surface area (Å²) in [5.41, 5.74) is 0.445. The SMILES string of the molecule is CC1CCC(CO)(NC(=O)C=Cc2cnn(C)c2)CC1. The topological polar surface area (TPSA) is 67.2 Å². The summed E-state index contributed by atoms with van der Waals surface area (Å²) >= 11 is 0. The number of carbonyl (C=O) groups excluding carboxylic acids is 1. The minimum absolute atomic E-state index is 0.00614. The standard InChI is InChI=1S/C15H23N3O2/c1-12-5-7-15(11-19,8-6-12)17-14(20)4-3-13-9-16-18(2)10-13/h3-4,9-10,12,19H,5-8,11H2,1-2H3,(H,17,20). The first-order valence-electron chi connectivity index (χ1n) is 7.13. The lowest BCUT2D eigenvalue weighted by Crippen LogP contribution is -2.52. The van der Waals surface area contributed by atoms with Crippen LogP contribution in [0.4, 0.5) is 0 Å². The van der Waals surface area contributed by atoms with Crippen molar-refractivity contribution < 1.29 is 9.90 Å². The molecule has 0 saturated heterocycles. The molecular formula is C15H23N3O2. The molecule has 1 aromatic rings. The van der Waals surface area contributed by atoms with Crippen molar-refractivity contribution >= 4 is 12.0 Å². The van der Waals surface area contributed by atoms with Gasteiger partial charge in [-0.2, -0.15) is 5.10 Å². The largest absolute Gasteiger partial charge is 0.394 e. The Morgan fingerprint density at radius 2 is 2.30 bits per heavy atom. The van der Waals surface area contributed by atoms with Gasteiger partial charge in [-0.3, -0.25) is 9.48 Å². The number of nitrogens with one attached hydrogen (secondary N) is 1. The van der Waals surface area contributed by atoms with E-state index in [-0.39, 0.29) is 12.5 Å². The van der Waals surface area contributed by atoms with Gasteiger partial charge in [0.1, 0.15) is 0 Å². The summed E-state index contributed by atoms with van der Waals surface area (Å²) < 4.78 is 1.69. The Bertz CT molecular complexity index is 485. The quantitative estimate of drug-likeness (QED) is 0.819. The van der Waals surface area contributed by atoms with Gasteiger partial charge in [0.05, 0.1) is 18.3 Å². The molecule has 0 aromatic carbocycles. The molecule has 5 nitrogen and oxygen atoms in total. The summed E-state index contributed by atoms with van der Waals surface area (Å²) in [6, 6.07) is 0. The lowest BCUT2D eigenvalue weighted by Gasteiger charge is -2.38. The Morgan fingerprint density at radius 1 is 1.60 bits per heavy atom. The summed E-state index contributed by atoms with van der Waals surface area (Å²) in [6.07, 6.45) is 10.6. The zero-order valence-electron chi connectivity index (χ0n) is 12.2. The van der Waals surface area contributed by atoms with Crippen LogP contribution < -0.4 is 5.32 Å². The maximum atomic E-state index is 12.0. The van der Waals surface area contributed by atoms with E-state index in [0.29, 0.717) is 5.92 Å². The molecule has 0 bridgehead atoms. The average Bonchev–Trinajstić information content (AvgIpc) is 2.85. The third-order valence-electron chi connectivity index (χ3n) is 4.07. The molecule has 0 radical (unpaired) electrons. The molecule has 2 rings (SSSR count). The smallest absolute Gasteiger partial charge is 0.244 e. The van der Waals surface area contributed by atoms with Crippen LogP contribution >= 0.6 is 0 Å². The number of hydrogen-bond donors (Lipinski definition) is 2. The third-order valence-corrected chi connectivity index (χ3v) is 4.07. The number of hydrogen-bond acceptors (Lipinski definition) is 3. The number of rotatable bonds is 4. The summed E-state index contributed by atoms with van der Waals surface area (Å²) in [4.78, 5) is 12.0. The van der Waals surface area contributed by atoms with Crippen LogP contribution in [0.15, 0.2) is 18.5 Å². The Hall–Kier alpha value is -1.62. The molecule has 0 atom stereocenters. The van der Waals surface area contributed by atoms with Crippen molar-refractivity contribution in [3.63, 3.8) is 0 Å². The first kappa shape index (κ1) is 14.8. The van der Waals surface area contributed by atoms with Gasteiger partial charge in [0.2, 0.25) is 5.91 Å². The van der Waals surface area contributed by atoms with Crippen LogP contribution in [0.25, 0.3) is 6.08 Å². The van der Waals surface area contributed by atoms with Gasteiger partial charge in [-0.25, -0.2) is 0 Å². The molecule has 0 spiro atoms. The number of aliphatic hydroxyl groups excluding tert-OH is 1. The van der Waals surface area contributed by atoms with Gasteiger partial charge in [-0.1, -0.05) is 6.92 Å². The van der Waals surface area contributed by atoms with Crippen molar-refractivity contribution in [3.05, 3.63) is 24.0 Å². The highest BCUT2D eigenvalue weighted by Crippen LogP contribution is 2.31. The molecule has 0 unspecified atom stereocenters. The van der Waals surface area contributed by atoms with Crippen LogP contribution in [-0.2, 0) is 11.8 Å². The molecule has 1 aromatic heterocycles. The Balaban J connectivity index is 1.94. The summed E-state index contributed by atoms with van der Waals surface area (Å²) in [7, 11) is 1.83. The van der Waals surface area contributed by atoms with Crippen LogP contribution in [0.2, 0.25) is 0 Å². The van der Waals surface area contributed by atoms with Gasteiger partial charge < -0.3 is 10.4 Å². The number of nitrogens with zero attached hydrogens (tertiary/aromatic N) is 2. The fourth-order valence-corrected chi connectivity index (χ4v) is 2.64. The molecule has 1 saturated carbocycles. The lowest BCUT2D eigenvalue weighted by atomic mass is 9.77. The molecule has 1 aliphatic rings. The normalized spacial score (nSPS) is 26.9. The number of carbonyl (C=O) groups is 1. The highest BCUT2D eigenvalue weighted by Gasteiger charge is 2.34. The highest BCUT2D eigenvalue weighted by atomic mass is 16.3. The molecule has 0 aliphatic heterocycles. The Morgan fingerprint density at radius 3 is 2.85 bits per heavy atom. The van der Waals surface area contributed by atoms with E-state index < -0.39 is 5.54 Å². The minimum atomic E-state index is -0.442. The van der Waals surface area contributed by atoms with E-state index in [4.69, 9.17) is 0 Å². The Kier molecular flexibility index (Phi) is 4.60. The van der Waals surface area contributed by atoms with Crippen LogP contribution in [0.1, 0.15) is 38.2 Å². The number of aliphatic hydroxyl groups is 1. The van der Waals surface area contributed by atoms with Gasteiger partial charge in [0, 0.05) is 24.9 Å². The van der Waals surface area contributed by atoms with E-state index in [1.165, 1.54) is 6.08 Å². The van der Waals surface area contributed by atoms with Gasteiger partial charge in [0.25, 0.3) is 0 Å². The summed E-state index contributed by atoms with van der Waals surface area (Å²) in [5, 5.41) is 16.6. The van der Waals surface area contributed by atoms with Gasteiger partial charge in [-0.15, -0.1) is 0 Å². The number of amides is 1. The zero-order chi connectivity index (χ0) is 14.6. The lowest BCUT2D eigenvalue weighted by molar-refractivity contribution is -0.119. The molecule has 1 heterocycles. The summed E-state index contributed by atoms with van der Waals surface area (Å²) in [6.45, 7) is 2.22. The predicted octanol–water partition coefficient (Wildman–Crippen LogP) is 1.49.